The number of carbonyl (C=O) groups excluding carboxylic acids is 5. The summed E-state index contributed by atoms with van der Waals surface area (Å²) in [5.41, 5.74) is 0.0777. The molecule has 36 nitrogen and oxygen atoms in total. The van der Waals surface area contributed by atoms with Gasteiger partial charge in [-0.15, -0.1) is 0 Å². The minimum atomic E-state index is -3.39. The van der Waals surface area contributed by atoms with Crippen LogP contribution in [-0.2, 0) is 104 Å². The minimum Gasteiger partial charge on any atom is -0.354 e. The largest absolute Gasteiger partial charge is 0.354 e. The van der Waals surface area contributed by atoms with Crippen LogP contribution >= 0.6 is 0 Å². The Kier molecular flexibility index (Phi) is 83.9. The quantitative estimate of drug-likeness (QED) is 0.0252. The number of rotatable bonds is 44. The van der Waals surface area contributed by atoms with Crippen LogP contribution in [0.5, 0.6) is 0 Å². The first kappa shape index (κ1) is 147. The average Bonchev–Trinajstić information content (AvgIpc) is 1.66. The molecule has 0 saturated heterocycles. The lowest BCUT2D eigenvalue weighted by Gasteiger charge is -2.11. The van der Waals surface area contributed by atoms with Gasteiger partial charge in [-0.3, -0.25) is 24.0 Å². The first-order valence-corrected chi connectivity index (χ1v) is 58.4. The number of hydrogen-bond acceptors (Lipinski definition) is 23. The lowest BCUT2D eigenvalue weighted by molar-refractivity contribution is -0.128. The zero-order valence-corrected chi connectivity index (χ0v) is 95.4. The summed E-state index contributed by atoms with van der Waals surface area (Å²) in [6.45, 7) is 85.3. The van der Waals surface area contributed by atoms with Crippen LogP contribution in [0.1, 0.15) is 324 Å². The Hall–Kier alpha value is -3.71. The van der Waals surface area contributed by atoms with Crippen molar-refractivity contribution in [3.05, 3.63) is 12.2 Å². The summed E-state index contributed by atoms with van der Waals surface area (Å²) < 4.78 is 198. The van der Waals surface area contributed by atoms with Crippen molar-refractivity contribution in [2.45, 2.75) is 407 Å². The van der Waals surface area contributed by atoms with Gasteiger partial charge in [0.25, 0.3) is 0 Å². The molecule has 0 aromatic rings. The summed E-state index contributed by atoms with van der Waals surface area (Å²) in [7, 11) is -24.9. The van der Waals surface area contributed by atoms with Gasteiger partial charge >= 0.3 is 0 Å². The zero-order chi connectivity index (χ0) is 106. The maximum absolute atomic E-state index is 11.4. The fourth-order valence-electron chi connectivity index (χ4n) is 8.41. The average molecular weight is 2030 g/mol. The summed E-state index contributed by atoms with van der Waals surface area (Å²) in [6.07, 6.45) is 5.32. The third kappa shape index (κ3) is 111. The molecule has 1 aliphatic rings. The fourth-order valence-corrected chi connectivity index (χ4v) is 18.2. The van der Waals surface area contributed by atoms with E-state index in [1.807, 2.05) is 145 Å². The Morgan fingerprint density at radius 3 is 0.946 bits per heavy atom. The minimum absolute atomic E-state index is 0.00116. The van der Waals surface area contributed by atoms with E-state index in [0.717, 1.165) is 19.4 Å². The van der Waals surface area contributed by atoms with Crippen molar-refractivity contribution >= 4 is 110 Å². The third-order valence-corrected chi connectivity index (χ3v) is 28.0. The number of carbonyl (C=O) groups is 5. The van der Waals surface area contributed by atoms with Crippen molar-refractivity contribution in [2.75, 3.05) is 48.8 Å². The molecule has 2 unspecified atom stereocenters. The molecule has 0 spiro atoms. The van der Waals surface area contributed by atoms with E-state index in [1.165, 1.54) is 0 Å². The van der Waals surface area contributed by atoms with Crippen molar-refractivity contribution in [2.24, 2.45) is 58.7 Å². The first-order chi connectivity index (χ1) is 57.9. The number of allylic oxidation sites excluding steroid dienone is 1. The molecule has 0 aliphatic heterocycles. The highest BCUT2D eigenvalue weighted by atomic mass is 32.2. The standard InChI is InChI=1S/2C10H19NO.C9H18N2O2.C8H18N2O3S.C8H20N2O2S.C8H19NO2S.C7H18N2O2S.2C7H17NO2S.2C6H15NO2S/c1-6(2)8-5-9(8)10(12)11-7(3)4;1-8(2)11-9(12)6-7-10(3,4)5;1-6(2)9(13)10-5-8(12)11-7(3)4;1-6(2)8(11)9-5-14(12,13)10-7(3)4;1-7(2)5-9-6-13(11,12)10-8(3)4;1-7(2)5-6-12(10,11)9-8(3)4;1-6(2)8-5-12(10,11)9-7(3)4;1-6(2)5-11(9,10)8-7(3)4;1-6(2)5-8-11(9,10)7(3)4;2*1-5(2)7-10(8,9)6(3)4/h6-9H,5H2,1-4H3,(H,11,12);6-8H,1-5H3,(H,11,12);6-7H,5H2,1-4H3,(H,10,13)(H,11,12);6-7,10H,5H2,1-4H3,(H,9,11);7-10H,5-6H2,1-4H3;7-9H,5-6H2,1-4H3;6-9H,5H2,1-4H3;2*6-8H,5H2,1-4H3;2*5-7H,1-4H3/b;7-6+;;;;;;;;;. The fraction of sp³-hybridized carbons (Fsp3) is 0.919. The monoisotopic (exact) mass is 2030 g/mol. The number of hydrogen-bond donors (Lipinski definition) is 15. The van der Waals surface area contributed by atoms with Gasteiger partial charge < -0.3 is 37.2 Å². The van der Waals surface area contributed by atoms with Gasteiger partial charge in [0.1, 0.15) is 17.6 Å². The molecule has 1 aliphatic carbocycles. The van der Waals surface area contributed by atoms with Crippen LogP contribution in [0, 0.1) is 58.7 Å². The van der Waals surface area contributed by atoms with Gasteiger partial charge in [-0.2, -0.15) is 0 Å². The smallest absolute Gasteiger partial charge is 0.243 e. The van der Waals surface area contributed by atoms with Crippen LogP contribution in [-0.4, -0.2) is 228 Å². The topological polar surface area (TPSA) is 539 Å². The van der Waals surface area contributed by atoms with Crippen LogP contribution in [0.2, 0.25) is 0 Å². The molecule has 788 valence electrons. The van der Waals surface area contributed by atoms with Crippen LogP contribution < -0.4 is 75.0 Å². The molecular weight excluding hydrogens is 1840 g/mol. The summed E-state index contributed by atoms with van der Waals surface area (Å²) in [5.74, 6) is 2.60. The van der Waals surface area contributed by atoms with Crippen LogP contribution in [0.15, 0.2) is 12.2 Å². The highest BCUT2D eigenvalue weighted by Crippen LogP contribution is 2.44. The predicted molar refractivity (Wildman–Crippen MR) is 543 cm³/mol. The van der Waals surface area contributed by atoms with E-state index in [4.69, 9.17) is 0 Å². The van der Waals surface area contributed by atoms with Gasteiger partial charge in [0.05, 0.1) is 33.8 Å². The summed E-state index contributed by atoms with van der Waals surface area (Å²) in [5, 5.41) is 18.0. The second-order valence-electron chi connectivity index (χ2n) is 39.7. The van der Waals surface area contributed by atoms with Crippen molar-refractivity contribution in [1.82, 2.24) is 75.0 Å². The number of nitrogens with one attached hydrogen (secondary N) is 15. The molecule has 5 amide bonds. The van der Waals surface area contributed by atoms with E-state index in [2.05, 4.69) is 110 Å². The van der Waals surface area contributed by atoms with Crippen molar-refractivity contribution < 1.29 is 91.3 Å². The van der Waals surface area contributed by atoms with Gasteiger partial charge in [-0.25, -0.2) is 105 Å². The van der Waals surface area contributed by atoms with Crippen LogP contribution in [0.3, 0.4) is 0 Å². The van der Waals surface area contributed by atoms with E-state index in [1.54, 1.807) is 145 Å². The molecule has 0 aromatic carbocycles. The predicted octanol–water partition coefficient (Wildman–Crippen LogP) is 9.78. The van der Waals surface area contributed by atoms with Gasteiger partial charge in [0, 0.05) is 90.8 Å². The van der Waals surface area contributed by atoms with E-state index in [9.17, 15) is 91.3 Å². The lowest BCUT2D eigenvalue weighted by atomic mass is 9.96. The number of amides is 5. The van der Waals surface area contributed by atoms with Crippen molar-refractivity contribution in [1.29, 1.82) is 0 Å². The SMILES string of the molecule is CC(C)CCS(=O)(=O)NC(C)C.CC(C)CNCS(=O)(=O)NC(C)C.CC(C)CNS(=O)(=O)C(C)C.CC(C)CS(=O)(=O)NC(C)C.CC(C)NC(=O)/C=C/C(C)(C)C.CC(C)NC(=O)C1CC1C(C)C.CC(C)NC(=O)CNC(=O)C(C)C.CC(C)NCS(=O)(=O)NC(C)C.CC(C)NS(=O)(=O)C(C)C.CC(C)NS(=O)(=O)C(C)C.CC(C)NS(=O)(=O)CNC(=O)C(C)C. The second-order valence-corrected chi connectivity index (χ2v) is 55.5. The molecular formula is C86H195N15O21S8. The van der Waals surface area contributed by atoms with Gasteiger partial charge in [-0.05, 0) is 260 Å². The first-order valence-electron chi connectivity index (χ1n) is 45.5. The zero-order valence-electron chi connectivity index (χ0n) is 88.8. The lowest BCUT2D eigenvalue weighted by Crippen LogP contribution is -2.40. The molecule has 0 radical (unpaired) electrons. The Labute approximate surface area is 796 Å². The molecule has 0 heterocycles. The molecule has 2 atom stereocenters. The molecule has 1 fully saturated rings. The highest BCUT2D eigenvalue weighted by Gasteiger charge is 2.44. The molecule has 15 N–H and O–H groups in total. The van der Waals surface area contributed by atoms with E-state index in [0.29, 0.717) is 42.1 Å². The molecule has 130 heavy (non-hydrogen) atoms. The van der Waals surface area contributed by atoms with Gasteiger partial charge in [0.2, 0.25) is 110 Å². The summed E-state index contributed by atoms with van der Waals surface area (Å²) in [6, 6.07) is 0.552. The third-order valence-electron chi connectivity index (χ3n) is 14.5. The molecule has 44 heteroatoms. The van der Waals surface area contributed by atoms with Crippen molar-refractivity contribution in [3.8, 4) is 0 Å². The van der Waals surface area contributed by atoms with Crippen LogP contribution in [0.25, 0.3) is 0 Å². The Bertz CT molecular complexity index is 3870. The molecule has 1 rings (SSSR count). The van der Waals surface area contributed by atoms with E-state index >= 15 is 0 Å². The van der Waals surface area contributed by atoms with E-state index in [-0.39, 0.29) is 171 Å². The van der Waals surface area contributed by atoms with Crippen LogP contribution in [0.4, 0.5) is 0 Å². The van der Waals surface area contributed by atoms with Gasteiger partial charge in [0.15, 0.2) is 0 Å². The maximum atomic E-state index is 11.4. The second kappa shape index (κ2) is 74.4. The molecule has 1 saturated carbocycles. The highest BCUT2D eigenvalue weighted by molar-refractivity contribution is 7.91. The summed E-state index contributed by atoms with van der Waals surface area (Å²) in [4.78, 5) is 55.7. The van der Waals surface area contributed by atoms with Crippen molar-refractivity contribution in [3.63, 3.8) is 0 Å². The maximum Gasteiger partial charge on any atom is 0.243 e. The molecule has 0 bridgehead atoms. The Balaban J connectivity index is -0.000000152. The Morgan fingerprint density at radius 1 is 0.338 bits per heavy atom. The van der Waals surface area contributed by atoms with E-state index < -0.39 is 80.2 Å². The van der Waals surface area contributed by atoms with Gasteiger partial charge in [-0.1, -0.05) is 124 Å². The molecule has 0 aromatic heterocycles. The Morgan fingerprint density at radius 2 is 0.669 bits per heavy atom. The number of sulfonamides is 8. The summed E-state index contributed by atoms with van der Waals surface area (Å²) >= 11 is 0. The normalized spacial score (nSPS) is 13.9.